The van der Waals surface area contributed by atoms with Crippen LogP contribution in [0.15, 0.2) is 18.2 Å². The van der Waals surface area contributed by atoms with Gasteiger partial charge in [0.2, 0.25) is 0 Å². The Morgan fingerprint density at radius 3 is 2.37 bits per heavy atom. The molecule has 1 atom stereocenters. The second kappa shape index (κ2) is 6.60. The number of anilines is 2. The molecule has 27 heavy (non-hydrogen) atoms. The van der Waals surface area contributed by atoms with E-state index in [-0.39, 0.29) is 24.7 Å². The summed E-state index contributed by atoms with van der Waals surface area (Å²) in [5, 5.41) is 9.11. The number of hydrogen-bond donors (Lipinski definition) is 1. The van der Waals surface area contributed by atoms with Crippen LogP contribution in [0.25, 0.3) is 0 Å². The number of ketones is 2. The number of benzene rings is 1. The molecule has 1 amide bonds. The van der Waals surface area contributed by atoms with E-state index >= 15 is 0 Å². The van der Waals surface area contributed by atoms with Crippen LogP contribution in [0.5, 0.6) is 0 Å². The van der Waals surface area contributed by atoms with Crippen LogP contribution in [-0.2, 0) is 14.3 Å². The lowest BCUT2D eigenvalue weighted by molar-refractivity contribution is -0.136. The van der Waals surface area contributed by atoms with E-state index in [0.717, 1.165) is 0 Å². The highest BCUT2D eigenvalue weighted by Gasteiger charge is 2.50. The Bertz CT molecular complexity index is 785. The minimum absolute atomic E-state index is 0.0222. The van der Waals surface area contributed by atoms with Gasteiger partial charge in [-0.2, -0.15) is 0 Å². The fourth-order valence-corrected chi connectivity index (χ4v) is 4.30. The first-order valence-electron chi connectivity index (χ1n) is 9.15. The van der Waals surface area contributed by atoms with Crippen molar-refractivity contribution in [2.75, 3.05) is 36.0 Å². The zero-order chi connectivity index (χ0) is 19.2. The van der Waals surface area contributed by atoms with Crippen LogP contribution in [0.4, 0.5) is 20.6 Å². The number of nitrogens with zero attached hydrogens (tertiary/aromatic N) is 2. The minimum Gasteiger partial charge on any atom is -0.441 e. The standard InChI is InChI=1S/C19H21FN2O5/c20-14-9-12(22-10-13(11-23)27-18(22)26)1-2-15(14)21-7-5-19(6-8-21)16(24)3-4-17(19)25/h1-2,9,13,23H,3-8,10-11H2/t13-/m0/s1. The van der Waals surface area contributed by atoms with Crippen molar-refractivity contribution in [1.29, 1.82) is 0 Å². The normalized spacial score (nSPS) is 24.8. The first kappa shape index (κ1) is 17.9. The lowest BCUT2D eigenvalue weighted by Gasteiger charge is -2.38. The third kappa shape index (κ3) is 2.88. The van der Waals surface area contributed by atoms with Crippen LogP contribution in [0, 0.1) is 11.2 Å². The number of piperidine rings is 1. The van der Waals surface area contributed by atoms with Gasteiger partial charge in [-0.05, 0) is 31.0 Å². The number of cyclic esters (lactones) is 1. The molecule has 3 aliphatic rings. The Morgan fingerprint density at radius 1 is 1.15 bits per heavy atom. The molecular formula is C19H21FN2O5. The summed E-state index contributed by atoms with van der Waals surface area (Å²) in [6.07, 6.45) is 0.260. The van der Waals surface area contributed by atoms with Gasteiger partial charge in [-0.15, -0.1) is 0 Å². The number of halogens is 1. The monoisotopic (exact) mass is 376 g/mol. The van der Waals surface area contributed by atoms with Crippen LogP contribution in [0.3, 0.4) is 0 Å². The van der Waals surface area contributed by atoms with E-state index in [1.165, 1.54) is 11.0 Å². The zero-order valence-electron chi connectivity index (χ0n) is 14.8. The summed E-state index contributed by atoms with van der Waals surface area (Å²) in [5.74, 6) is -0.435. The van der Waals surface area contributed by atoms with Crippen molar-refractivity contribution in [2.45, 2.75) is 31.8 Å². The van der Waals surface area contributed by atoms with Crippen LogP contribution in [-0.4, -0.2) is 55.1 Å². The SMILES string of the molecule is O=C1O[C@H](CO)CN1c1ccc(N2CCC3(CC2)C(=O)CCC3=O)c(F)c1. The van der Waals surface area contributed by atoms with Crippen molar-refractivity contribution >= 4 is 29.0 Å². The first-order valence-corrected chi connectivity index (χ1v) is 9.15. The number of ether oxygens (including phenoxy) is 1. The Morgan fingerprint density at radius 2 is 1.81 bits per heavy atom. The number of carbonyl (C=O) groups excluding carboxylic acids is 3. The zero-order valence-corrected chi connectivity index (χ0v) is 14.8. The third-order valence-electron chi connectivity index (χ3n) is 5.92. The van der Waals surface area contributed by atoms with Crippen molar-refractivity contribution in [3.05, 3.63) is 24.0 Å². The van der Waals surface area contributed by atoms with Gasteiger partial charge in [-0.3, -0.25) is 14.5 Å². The van der Waals surface area contributed by atoms with Crippen LogP contribution < -0.4 is 9.80 Å². The van der Waals surface area contributed by atoms with E-state index in [9.17, 15) is 18.8 Å². The fraction of sp³-hybridized carbons (Fsp3) is 0.526. The molecule has 1 aromatic carbocycles. The van der Waals surface area contributed by atoms with Crippen molar-refractivity contribution in [3.63, 3.8) is 0 Å². The van der Waals surface area contributed by atoms with Gasteiger partial charge >= 0.3 is 6.09 Å². The summed E-state index contributed by atoms with van der Waals surface area (Å²) in [7, 11) is 0. The van der Waals surface area contributed by atoms with Gasteiger partial charge in [0.15, 0.2) is 0 Å². The molecule has 7 nitrogen and oxygen atoms in total. The smallest absolute Gasteiger partial charge is 0.414 e. The molecule has 2 aliphatic heterocycles. The van der Waals surface area contributed by atoms with Crippen LogP contribution >= 0.6 is 0 Å². The lowest BCUT2D eigenvalue weighted by Crippen LogP contribution is -2.46. The minimum atomic E-state index is -0.856. The summed E-state index contributed by atoms with van der Waals surface area (Å²) in [5.41, 5.74) is -0.101. The number of aliphatic hydroxyl groups is 1. The Balaban J connectivity index is 1.49. The van der Waals surface area contributed by atoms with Gasteiger partial charge in [0.05, 0.1) is 29.9 Å². The number of aliphatic hydroxyl groups excluding tert-OH is 1. The Hall–Kier alpha value is -2.48. The second-order valence-corrected chi connectivity index (χ2v) is 7.35. The van der Waals surface area contributed by atoms with E-state index in [1.54, 1.807) is 12.1 Å². The van der Waals surface area contributed by atoms with Gasteiger partial charge in [0, 0.05) is 25.9 Å². The average molecular weight is 376 g/mol. The Labute approximate surface area is 155 Å². The van der Waals surface area contributed by atoms with Gasteiger partial charge < -0.3 is 14.7 Å². The van der Waals surface area contributed by atoms with Gasteiger partial charge in [-0.1, -0.05) is 0 Å². The molecule has 0 aromatic heterocycles. The molecule has 0 bridgehead atoms. The van der Waals surface area contributed by atoms with E-state index in [4.69, 9.17) is 9.84 Å². The summed E-state index contributed by atoms with van der Waals surface area (Å²) < 4.78 is 19.7. The van der Waals surface area contributed by atoms with E-state index in [1.807, 2.05) is 4.90 Å². The van der Waals surface area contributed by atoms with Crippen molar-refractivity contribution in [2.24, 2.45) is 5.41 Å². The van der Waals surface area contributed by atoms with Crippen LogP contribution in [0.2, 0.25) is 0 Å². The molecule has 1 aromatic rings. The highest BCUT2D eigenvalue weighted by Crippen LogP contribution is 2.42. The van der Waals surface area contributed by atoms with Gasteiger partial charge in [0.25, 0.3) is 0 Å². The maximum absolute atomic E-state index is 14.7. The molecule has 1 saturated carbocycles. The summed E-state index contributed by atoms with van der Waals surface area (Å²) in [4.78, 5) is 39.3. The molecule has 1 N–H and O–H groups in total. The van der Waals surface area contributed by atoms with Gasteiger partial charge in [-0.25, -0.2) is 9.18 Å². The summed E-state index contributed by atoms with van der Waals surface area (Å²) >= 11 is 0. The fourth-order valence-electron chi connectivity index (χ4n) is 4.30. The van der Waals surface area contributed by atoms with Gasteiger partial charge in [0.1, 0.15) is 23.5 Å². The molecule has 1 aliphatic carbocycles. The predicted molar refractivity (Wildman–Crippen MR) is 94.2 cm³/mol. The second-order valence-electron chi connectivity index (χ2n) is 7.35. The van der Waals surface area contributed by atoms with Crippen molar-refractivity contribution < 1.29 is 28.6 Å². The Kier molecular flexibility index (Phi) is 4.38. The molecule has 1 spiro atoms. The molecular weight excluding hydrogens is 355 g/mol. The molecule has 2 heterocycles. The maximum atomic E-state index is 14.7. The number of Topliss-reactive ketones (excluding diaryl/α,β-unsaturated/α-hetero) is 2. The highest BCUT2D eigenvalue weighted by atomic mass is 19.1. The summed E-state index contributed by atoms with van der Waals surface area (Å²) in [6.45, 7) is 0.762. The van der Waals surface area contributed by atoms with Crippen molar-refractivity contribution in [1.82, 2.24) is 0 Å². The van der Waals surface area contributed by atoms with E-state index in [0.29, 0.717) is 50.1 Å². The third-order valence-corrected chi connectivity index (χ3v) is 5.92. The quantitative estimate of drug-likeness (QED) is 0.808. The number of amides is 1. The summed E-state index contributed by atoms with van der Waals surface area (Å²) in [6, 6.07) is 4.50. The van der Waals surface area contributed by atoms with E-state index in [2.05, 4.69) is 0 Å². The predicted octanol–water partition coefficient (Wildman–Crippen LogP) is 1.66. The molecule has 3 fully saturated rings. The molecule has 8 heteroatoms. The molecule has 2 saturated heterocycles. The number of hydrogen-bond acceptors (Lipinski definition) is 6. The highest BCUT2D eigenvalue weighted by molar-refractivity contribution is 6.13. The topological polar surface area (TPSA) is 87.2 Å². The molecule has 0 unspecified atom stereocenters. The van der Waals surface area contributed by atoms with Crippen molar-refractivity contribution in [3.8, 4) is 0 Å². The largest absolute Gasteiger partial charge is 0.441 e. The number of carbonyl (C=O) groups is 3. The molecule has 4 rings (SSSR count). The average Bonchev–Trinajstić information content (AvgIpc) is 3.18. The lowest BCUT2D eigenvalue weighted by atomic mass is 9.75. The maximum Gasteiger partial charge on any atom is 0.414 e. The number of rotatable bonds is 3. The van der Waals surface area contributed by atoms with Crippen LogP contribution in [0.1, 0.15) is 25.7 Å². The molecule has 144 valence electrons. The van der Waals surface area contributed by atoms with E-state index < -0.39 is 23.4 Å². The first-order chi connectivity index (χ1) is 12.9. The molecule has 0 radical (unpaired) electrons.